The molecule has 0 aliphatic rings. The van der Waals surface area contributed by atoms with Crippen LogP contribution in [0.15, 0.2) is 18.2 Å². The molecule has 0 saturated carbocycles. The summed E-state index contributed by atoms with van der Waals surface area (Å²) in [4.78, 5) is 2.76. The molecule has 4 nitrogen and oxygen atoms in total. The predicted octanol–water partition coefficient (Wildman–Crippen LogP) is 2.72. The molecular weight excluding hydrogens is 268 g/mol. The van der Waals surface area contributed by atoms with E-state index >= 15 is 0 Å². The second-order valence-electron chi connectivity index (χ2n) is 4.89. The Bertz CT molecular complexity index is 565. The van der Waals surface area contributed by atoms with Crippen molar-refractivity contribution in [1.82, 2.24) is 15.6 Å². The van der Waals surface area contributed by atoms with Gasteiger partial charge in [0, 0.05) is 16.2 Å². The summed E-state index contributed by atoms with van der Waals surface area (Å²) in [5, 5.41) is 8.42. The Morgan fingerprint density at radius 1 is 1.20 bits per heavy atom. The van der Waals surface area contributed by atoms with Crippen molar-refractivity contribution in [2.45, 2.75) is 46.1 Å². The van der Waals surface area contributed by atoms with Gasteiger partial charge in [-0.3, -0.25) is 11.3 Å². The van der Waals surface area contributed by atoms with E-state index in [-0.39, 0.29) is 6.04 Å². The number of thiophene rings is 1. The average molecular weight is 290 g/mol. The molecule has 0 saturated heterocycles. The molecule has 2 rings (SSSR count). The topological polar surface area (TPSA) is 63.8 Å². The maximum absolute atomic E-state index is 5.77. The lowest BCUT2D eigenvalue weighted by atomic mass is 10.0. The van der Waals surface area contributed by atoms with Gasteiger partial charge in [-0.2, -0.15) is 10.2 Å². The molecule has 1 unspecified atom stereocenters. The van der Waals surface area contributed by atoms with Crippen LogP contribution < -0.4 is 11.3 Å². The minimum Gasteiger partial charge on any atom is -0.271 e. The Kier molecular flexibility index (Phi) is 5.23. The standard InChI is InChI=1S/C15H22N4S/c1-4-11-6-7-12(20-11)9-15(17-16)13-8-10(3)18-19-14(13)5-2/h6-8,15,17H,4-5,9,16H2,1-3H3. The second kappa shape index (κ2) is 6.92. The first kappa shape index (κ1) is 15.1. The number of nitrogens with one attached hydrogen (secondary N) is 1. The highest BCUT2D eigenvalue weighted by Gasteiger charge is 2.17. The van der Waals surface area contributed by atoms with Crippen LogP contribution in [0.4, 0.5) is 0 Å². The predicted molar refractivity (Wildman–Crippen MR) is 83.6 cm³/mol. The fourth-order valence-electron chi connectivity index (χ4n) is 2.29. The fraction of sp³-hybridized carbons (Fsp3) is 0.467. The quantitative estimate of drug-likeness (QED) is 0.634. The molecule has 0 radical (unpaired) electrons. The second-order valence-corrected chi connectivity index (χ2v) is 6.14. The van der Waals surface area contributed by atoms with E-state index in [2.05, 4.69) is 47.7 Å². The summed E-state index contributed by atoms with van der Waals surface area (Å²) in [5.74, 6) is 5.77. The number of hydrogen-bond donors (Lipinski definition) is 2. The van der Waals surface area contributed by atoms with Crippen LogP contribution in [-0.4, -0.2) is 10.2 Å². The van der Waals surface area contributed by atoms with Crippen molar-refractivity contribution in [3.05, 3.63) is 44.9 Å². The SMILES string of the molecule is CCc1ccc(CC(NN)c2cc(C)nnc2CC)s1. The van der Waals surface area contributed by atoms with Gasteiger partial charge in [0.2, 0.25) is 0 Å². The zero-order valence-electron chi connectivity index (χ0n) is 12.3. The summed E-state index contributed by atoms with van der Waals surface area (Å²) in [6.45, 7) is 6.24. The Hall–Kier alpha value is -1.30. The van der Waals surface area contributed by atoms with E-state index in [9.17, 15) is 0 Å². The van der Waals surface area contributed by atoms with E-state index in [1.165, 1.54) is 9.75 Å². The highest BCUT2D eigenvalue weighted by Crippen LogP contribution is 2.25. The molecule has 0 aromatic carbocycles. The zero-order chi connectivity index (χ0) is 14.5. The van der Waals surface area contributed by atoms with Crippen LogP contribution in [-0.2, 0) is 19.3 Å². The monoisotopic (exact) mass is 290 g/mol. The van der Waals surface area contributed by atoms with E-state index in [1.807, 2.05) is 18.3 Å². The van der Waals surface area contributed by atoms with Gasteiger partial charge in [0.1, 0.15) is 0 Å². The zero-order valence-corrected chi connectivity index (χ0v) is 13.1. The van der Waals surface area contributed by atoms with E-state index in [4.69, 9.17) is 5.84 Å². The average Bonchev–Trinajstić information content (AvgIpc) is 2.92. The Morgan fingerprint density at radius 3 is 2.55 bits per heavy atom. The molecule has 20 heavy (non-hydrogen) atoms. The Labute approximate surface area is 124 Å². The highest BCUT2D eigenvalue weighted by molar-refractivity contribution is 7.11. The minimum atomic E-state index is 0.0857. The van der Waals surface area contributed by atoms with Crippen LogP contribution in [0.5, 0.6) is 0 Å². The van der Waals surface area contributed by atoms with Gasteiger partial charge < -0.3 is 0 Å². The maximum Gasteiger partial charge on any atom is 0.0676 e. The first-order chi connectivity index (χ1) is 9.67. The summed E-state index contributed by atoms with van der Waals surface area (Å²) in [6, 6.07) is 6.57. The Balaban J connectivity index is 2.25. The first-order valence-corrected chi connectivity index (χ1v) is 7.86. The molecule has 0 bridgehead atoms. The van der Waals surface area contributed by atoms with Crippen LogP contribution in [0.25, 0.3) is 0 Å². The van der Waals surface area contributed by atoms with Crippen molar-refractivity contribution < 1.29 is 0 Å². The number of hydrazine groups is 1. The molecule has 0 spiro atoms. The van der Waals surface area contributed by atoms with Crippen LogP contribution in [0.2, 0.25) is 0 Å². The van der Waals surface area contributed by atoms with Gasteiger partial charge in [-0.05, 0) is 43.5 Å². The first-order valence-electron chi connectivity index (χ1n) is 7.04. The number of aryl methyl sites for hydroxylation is 3. The molecular formula is C15H22N4S. The van der Waals surface area contributed by atoms with Gasteiger partial charge in [-0.25, -0.2) is 0 Å². The van der Waals surface area contributed by atoms with Crippen molar-refractivity contribution in [2.24, 2.45) is 5.84 Å². The number of nitrogens with zero attached hydrogens (tertiary/aromatic N) is 2. The van der Waals surface area contributed by atoms with Crippen molar-refractivity contribution in [2.75, 3.05) is 0 Å². The molecule has 5 heteroatoms. The summed E-state index contributed by atoms with van der Waals surface area (Å²) in [5.41, 5.74) is 6.04. The van der Waals surface area contributed by atoms with Crippen molar-refractivity contribution in [3.63, 3.8) is 0 Å². The molecule has 2 aromatic rings. The van der Waals surface area contributed by atoms with Gasteiger partial charge in [0.15, 0.2) is 0 Å². The summed E-state index contributed by atoms with van der Waals surface area (Å²) >= 11 is 1.86. The lowest BCUT2D eigenvalue weighted by Gasteiger charge is -2.18. The van der Waals surface area contributed by atoms with Crippen LogP contribution in [0, 0.1) is 6.92 Å². The molecule has 108 valence electrons. The number of aromatic nitrogens is 2. The van der Waals surface area contributed by atoms with E-state index in [1.54, 1.807) is 0 Å². The van der Waals surface area contributed by atoms with Gasteiger partial charge in [0.25, 0.3) is 0 Å². The van der Waals surface area contributed by atoms with E-state index in [0.29, 0.717) is 0 Å². The van der Waals surface area contributed by atoms with Crippen molar-refractivity contribution in [3.8, 4) is 0 Å². The molecule has 2 aromatic heterocycles. The van der Waals surface area contributed by atoms with Crippen LogP contribution in [0.1, 0.15) is 46.6 Å². The lowest BCUT2D eigenvalue weighted by molar-refractivity contribution is 0.545. The third kappa shape index (κ3) is 3.42. The molecule has 0 fully saturated rings. The lowest BCUT2D eigenvalue weighted by Crippen LogP contribution is -2.30. The summed E-state index contributed by atoms with van der Waals surface area (Å²) in [7, 11) is 0. The van der Waals surface area contributed by atoms with Crippen molar-refractivity contribution in [1.29, 1.82) is 0 Å². The van der Waals surface area contributed by atoms with E-state index in [0.717, 1.165) is 36.2 Å². The molecule has 1 atom stereocenters. The van der Waals surface area contributed by atoms with Gasteiger partial charge in [-0.1, -0.05) is 13.8 Å². The van der Waals surface area contributed by atoms with Gasteiger partial charge >= 0.3 is 0 Å². The smallest absolute Gasteiger partial charge is 0.0676 e. The number of rotatable bonds is 6. The molecule has 2 heterocycles. The highest BCUT2D eigenvalue weighted by atomic mass is 32.1. The largest absolute Gasteiger partial charge is 0.271 e. The third-order valence-corrected chi connectivity index (χ3v) is 4.66. The van der Waals surface area contributed by atoms with Gasteiger partial charge in [-0.15, -0.1) is 11.3 Å². The molecule has 0 aliphatic carbocycles. The molecule has 0 aliphatic heterocycles. The molecule has 3 N–H and O–H groups in total. The normalized spacial score (nSPS) is 12.6. The summed E-state index contributed by atoms with van der Waals surface area (Å²) in [6.07, 6.45) is 2.84. The van der Waals surface area contributed by atoms with E-state index < -0.39 is 0 Å². The molecule has 0 amide bonds. The van der Waals surface area contributed by atoms with Gasteiger partial charge in [0.05, 0.1) is 17.4 Å². The fourth-order valence-corrected chi connectivity index (χ4v) is 3.30. The Morgan fingerprint density at radius 2 is 1.95 bits per heavy atom. The van der Waals surface area contributed by atoms with Crippen LogP contribution in [0.3, 0.4) is 0 Å². The number of hydrogen-bond acceptors (Lipinski definition) is 5. The maximum atomic E-state index is 5.77. The summed E-state index contributed by atoms with van der Waals surface area (Å²) < 4.78 is 0. The third-order valence-electron chi connectivity index (χ3n) is 3.41. The number of nitrogens with two attached hydrogens (primary N) is 1. The minimum absolute atomic E-state index is 0.0857. The van der Waals surface area contributed by atoms with Crippen molar-refractivity contribution >= 4 is 11.3 Å². The van der Waals surface area contributed by atoms with Crippen LogP contribution >= 0.6 is 11.3 Å².